The first-order valence-electron chi connectivity index (χ1n) is 9.04. The molecule has 0 heterocycles. The standard InChI is InChI=1S/2C6H4.C5H9FO2.C5H10O2/c2*1-2-6-4-3-5(1)6;1-2-3-5(7)8-4-6;1-3-4-5(6)7-2/h2*1-4H;2-4H2,1H3;3-4H2,1-2H3. The molecule has 0 unspecified atom stereocenters. The van der Waals surface area contributed by atoms with Crippen molar-refractivity contribution in [1.82, 2.24) is 0 Å². The second-order valence-electron chi connectivity index (χ2n) is 5.86. The Bertz CT molecular complexity index is 600. The molecular formula is C22H27FO4. The summed E-state index contributed by atoms with van der Waals surface area (Å²) in [4.78, 5) is 20.4. The predicted molar refractivity (Wildman–Crippen MR) is 105 cm³/mol. The highest BCUT2D eigenvalue weighted by molar-refractivity contribution is 5.76. The number of carbonyl (C=O) groups is 2. The van der Waals surface area contributed by atoms with Gasteiger partial charge in [-0.25, -0.2) is 4.39 Å². The Morgan fingerprint density at radius 2 is 1.07 bits per heavy atom. The number of methoxy groups -OCH3 is 1. The van der Waals surface area contributed by atoms with Gasteiger partial charge in [-0.15, -0.1) is 0 Å². The van der Waals surface area contributed by atoms with Crippen molar-refractivity contribution in [2.45, 2.75) is 39.5 Å². The summed E-state index contributed by atoms with van der Waals surface area (Å²) in [7, 11) is 1.40. The molecule has 4 aliphatic rings. The lowest BCUT2D eigenvalue weighted by atomic mass is 9.95. The van der Waals surface area contributed by atoms with Gasteiger partial charge in [-0.1, -0.05) is 62.4 Å². The van der Waals surface area contributed by atoms with Gasteiger partial charge in [0, 0.05) is 12.8 Å². The van der Waals surface area contributed by atoms with E-state index in [9.17, 15) is 14.0 Å². The van der Waals surface area contributed by atoms with Crippen LogP contribution in [0.3, 0.4) is 0 Å². The van der Waals surface area contributed by atoms with Gasteiger partial charge in [0.05, 0.1) is 7.11 Å². The van der Waals surface area contributed by atoms with Gasteiger partial charge >= 0.3 is 11.9 Å². The summed E-state index contributed by atoms with van der Waals surface area (Å²) in [5.41, 5.74) is 5.70. The highest BCUT2D eigenvalue weighted by atomic mass is 19.1. The molecule has 0 aromatic heterocycles. The van der Waals surface area contributed by atoms with Crippen LogP contribution in [0.2, 0.25) is 0 Å². The average molecular weight is 374 g/mol. The third-order valence-corrected chi connectivity index (χ3v) is 3.79. The van der Waals surface area contributed by atoms with Crippen molar-refractivity contribution < 1.29 is 23.5 Å². The zero-order chi connectivity index (χ0) is 20.1. The quantitative estimate of drug-likeness (QED) is 0.430. The van der Waals surface area contributed by atoms with E-state index in [1.807, 2.05) is 13.8 Å². The van der Waals surface area contributed by atoms with Crippen molar-refractivity contribution in [3.63, 3.8) is 0 Å². The van der Waals surface area contributed by atoms with Crippen LogP contribution in [0.1, 0.15) is 39.5 Å². The Balaban J connectivity index is 0.000000180. The van der Waals surface area contributed by atoms with Gasteiger partial charge in [0.15, 0.2) is 0 Å². The normalized spacial score (nSPS) is 9.78. The molecule has 27 heavy (non-hydrogen) atoms. The van der Waals surface area contributed by atoms with E-state index in [2.05, 4.69) is 58.0 Å². The first-order chi connectivity index (χ1) is 13.0. The zero-order valence-corrected chi connectivity index (χ0v) is 16.2. The highest BCUT2D eigenvalue weighted by Gasteiger charge is 2.04. The molecule has 0 bridgehead atoms. The lowest BCUT2D eigenvalue weighted by molar-refractivity contribution is -0.147. The van der Waals surface area contributed by atoms with Crippen molar-refractivity contribution in [2.75, 3.05) is 14.0 Å². The first-order valence-corrected chi connectivity index (χ1v) is 9.04. The maximum absolute atomic E-state index is 11.1. The van der Waals surface area contributed by atoms with E-state index in [1.54, 1.807) is 0 Å². The van der Waals surface area contributed by atoms with Crippen molar-refractivity contribution in [2.24, 2.45) is 0 Å². The second-order valence-corrected chi connectivity index (χ2v) is 5.86. The molecule has 146 valence electrons. The van der Waals surface area contributed by atoms with Gasteiger partial charge in [-0.05, 0) is 35.1 Å². The maximum Gasteiger partial charge on any atom is 0.308 e. The molecule has 0 aliphatic heterocycles. The minimum Gasteiger partial charge on any atom is -0.469 e. The third-order valence-electron chi connectivity index (χ3n) is 3.79. The molecule has 5 heteroatoms. The highest BCUT2D eigenvalue weighted by Crippen LogP contribution is 2.30. The number of hydrogen-bond donors (Lipinski definition) is 0. The van der Waals surface area contributed by atoms with Crippen molar-refractivity contribution >= 4 is 11.9 Å². The minimum absolute atomic E-state index is 0.123. The molecule has 4 rings (SSSR count). The molecule has 0 saturated carbocycles. The van der Waals surface area contributed by atoms with Crippen LogP contribution in [0.4, 0.5) is 4.39 Å². The first kappa shape index (κ1) is 22.4. The fourth-order valence-corrected chi connectivity index (χ4v) is 1.97. The van der Waals surface area contributed by atoms with Crippen molar-refractivity contribution in [3.8, 4) is 22.3 Å². The molecular weight excluding hydrogens is 347 g/mol. The fourth-order valence-electron chi connectivity index (χ4n) is 1.97. The molecule has 0 amide bonds. The molecule has 0 atom stereocenters. The monoisotopic (exact) mass is 374 g/mol. The van der Waals surface area contributed by atoms with Crippen LogP contribution in [-0.2, 0) is 19.1 Å². The number of benzene rings is 2. The number of rotatable bonds is 5. The van der Waals surface area contributed by atoms with Crippen LogP contribution in [0.25, 0.3) is 22.3 Å². The summed E-state index contributed by atoms with van der Waals surface area (Å²) in [5, 5.41) is 0. The van der Waals surface area contributed by atoms with Gasteiger partial charge in [0.25, 0.3) is 0 Å². The van der Waals surface area contributed by atoms with Crippen LogP contribution < -0.4 is 0 Å². The largest absolute Gasteiger partial charge is 0.469 e. The van der Waals surface area contributed by atoms with Gasteiger partial charge < -0.3 is 9.47 Å². The number of halogens is 1. The van der Waals surface area contributed by atoms with E-state index in [-0.39, 0.29) is 5.97 Å². The van der Waals surface area contributed by atoms with Crippen LogP contribution in [0.15, 0.2) is 48.5 Å². The van der Waals surface area contributed by atoms with E-state index in [4.69, 9.17) is 0 Å². The Kier molecular flexibility index (Phi) is 10.5. The molecule has 0 saturated heterocycles. The van der Waals surface area contributed by atoms with E-state index < -0.39 is 12.8 Å². The lowest BCUT2D eigenvalue weighted by Crippen LogP contribution is -2.01. The number of ether oxygens (including phenoxy) is 2. The summed E-state index contributed by atoms with van der Waals surface area (Å²) < 4.78 is 19.5. The van der Waals surface area contributed by atoms with Crippen LogP contribution in [0.5, 0.6) is 0 Å². The van der Waals surface area contributed by atoms with Crippen molar-refractivity contribution in [3.05, 3.63) is 48.5 Å². The summed E-state index contributed by atoms with van der Waals surface area (Å²) in [6.45, 7) is 2.77. The Labute approximate surface area is 160 Å². The van der Waals surface area contributed by atoms with E-state index in [1.165, 1.54) is 29.4 Å². The number of alkyl halides is 1. The molecule has 0 radical (unpaired) electrons. The Morgan fingerprint density at radius 3 is 1.22 bits per heavy atom. The number of carbonyl (C=O) groups excluding carboxylic acids is 2. The maximum atomic E-state index is 11.1. The summed E-state index contributed by atoms with van der Waals surface area (Å²) in [6.07, 6.45) is 2.42. The average Bonchev–Trinajstić information content (AvgIpc) is 2.63. The number of hydrogen-bond acceptors (Lipinski definition) is 4. The SMILES string of the molecule is CCCC(=O)OC.CCCC(=O)OCF.c1cc2ccc1-2.c1cc2ccc1-2. The van der Waals surface area contributed by atoms with Crippen LogP contribution >= 0.6 is 0 Å². The van der Waals surface area contributed by atoms with Crippen LogP contribution in [-0.4, -0.2) is 25.9 Å². The van der Waals surface area contributed by atoms with Crippen LogP contribution in [0, 0.1) is 0 Å². The number of fused-ring (bicyclic) bond motifs is 2. The number of esters is 2. The molecule has 0 fully saturated rings. The van der Waals surface area contributed by atoms with Gasteiger partial charge in [0.2, 0.25) is 6.86 Å². The van der Waals surface area contributed by atoms with E-state index in [0.29, 0.717) is 19.3 Å². The summed E-state index contributed by atoms with van der Waals surface area (Å²) in [6, 6.07) is 17.0. The third kappa shape index (κ3) is 8.03. The summed E-state index contributed by atoms with van der Waals surface area (Å²) >= 11 is 0. The summed E-state index contributed by atoms with van der Waals surface area (Å²) in [5.74, 6) is -0.586. The van der Waals surface area contributed by atoms with Gasteiger partial charge in [-0.2, -0.15) is 0 Å². The molecule has 0 aromatic carbocycles. The Hall–Kier alpha value is -2.69. The minimum atomic E-state index is -1.00. The predicted octanol–water partition coefficient (Wildman–Crippen LogP) is 5.55. The zero-order valence-electron chi connectivity index (χ0n) is 16.2. The molecule has 0 N–H and O–H groups in total. The van der Waals surface area contributed by atoms with E-state index in [0.717, 1.165) is 6.42 Å². The van der Waals surface area contributed by atoms with E-state index >= 15 is 0 Å². The molecule has 4 aliphatic carbocycles. The molecule has 0 aromatic rings. The molecule has 4 nitrogen and oxygen atoms in total. The molecule has 0 spiro atoms. The lowest BCUT2D eigenvalue weighted by Gasteiger charge is -2.10. The van der Waals surface area contributed by atoms with Crippen molar-refractivity contribution in [1.29, 1.82) is 0 Å². The fraction of sp³-hybridized carbons (Fsp3) is 0.364. The van der Waals surface area contributed by atoms with Gasteiger partial charge in [-0.3, -0.25) is 9.59 Å². The second kappa shape index (κ2) is 12.6. The van der Waals surface area contributed by atoms with Gasteiger partial charge in [0.1, 0.15) is 0 Å². The smallest absolute Gasteiger partial charge is 0.308 e. The Morgan fingerprint density at radius 1 is 0.741 bits per heavy atom. The topological polar surface area (TPSA) is 52.6 Å².